The molecule has 0 aromatic heterocycles. The lowest BCUT2D eigenvalue weighted by Crippen LogP contribution is -2.26. The van der Waals surface area contributed by atoms with Crippen LogP contribution in [0.15, 0.2) is 24.3 Å². The van der Waals surface area contributed by atoms with E-state index in [4.69, 9.17) is 15.5 Å². The van der Waals surface area contributed by atoms with Crippen molar-refractivity contribution < 1.29 is 9.57 Å². The predicted molar refractivity (Wildman–Crippen MR) is 60.8 cm³/mol. The van der Waals surface area contributed by atoms with Crippen LogP contribution in [0.3, 0.4) is 0 Å². The highest BCUT2D eigenvalue weighted by Crippen LogP contribution is 2.26. The number of hydrogen-bond acceptors (Lipinski definition) is 3. The molecule has 0 saturated carbocycles. The van der Waals surface area contributed by atoms with E-state index >= 15 is 0 Å². The van der Waals surface area contributed by atoms with E-state index in [1.54, 1.807) is 0 Å². The van der Waals surface area contributed by atoms with Gasteiger partial charge in [-0.3, -0.25) is 0 Å². The highest BCUT2D eigenvalue weighted by atomic mass is 16.6. The van der Waals surface area contributed by atoms with Gasteiger partial charge in [-0.2, -0.15) is 0 Å². The average Bonchev–Trinajstić information content (AvgIpc) is 2.19. The molecule has 84 valence electrons. The molecule has 0 aliphatic carbocycles. The third kappa shape index (κ3) is 3.22. The highest BCUT2D eigenvalue weighted by Gasteiger charge is 2.21. The van der Waals surface area contributed by atoms with E-state index < -0.39 is 0 Å². The second kappa shape index (κ2) is 5.14. The minimum Gasteiger partial charge on any atom is -0.494 e. The normalized spacial score (nSPS) is 11.5. The lowest BCUT2D eigenvalue weighted by molar-refractivity contribution is 0.0963. The smallest absolute Gasteiger partial charge is 0.119 e. The third-order valence-electron chi connectivity index (χ3n) is 2.37. The Balaban J connectivity index is 2.88. The van der Waals surface area contributed by atoms with Crippen molar-refractivity contribution in [3.05, 3.63) is 29.8 Å². The monoisotopic (exact) mass is 209 g/mol. The summed E-state index contributed by atoms with van der Waals surface area (Å²) in [5, 5.41) is 0. The van der Waals surface area contributed by atoms with Crippen LogP contribution in [0.25, 0.3) is 0 Å². The summed E-state index contributed by atoms with van der Waals surface area (Å²) in [7, 11) is 0. The van der Waals surface area contributed by atoms with Crippen LogP contribution >= 0.6 is 0 Å². The van der Waals surface area contributed by atoms with E-state index in [0.29, 0.717) is 13.2 Å². The van der Waals surface area contributed by atoms with Gasteiger partial charge in [0.25, 0.3) is 0 Å². The van der Waals surface area contributed by atoms with Crippen molar-refractivity contribution in [2.45, 2.75) is 26.2 Å². The van der Waals surface area contributed by atoms with Gasteiger partial charge in [0.15, 0.2) is 0 Å². The van der Waals surface area contributed by atoms with E-state index in [1.165, 1.54) is 5.56 Å². The Labute approximate surface area is 91.1 Å². The minimum absolute atomic E-state index is 0.0954. The maximum absolute atomic E-state index is 5.45. The van der Waals surface area contributed by atoms with Crippen molar-refractivity contribution in [2.75, 3.05) is 13.2 Å². The standard InChI is InChI=1S/C12H19NO2/c1-4-14-11-7-5-6-10(8-11)12(2,3)9-15-13/h5-8H,4,9,13H2,1-3H3. The first-order valence-electron chi connectivity index (χ1n) is 5.15. The molecular formula is C12H19NO2. The average molecular weight is 209 g/mol. The van der Waals surface area contributed by atoms with Crippen molar-refractivity contribution in [2.24, 2.45) is 5.90 Å². The lowest BCUT2D eigenvalue weighted by atomic mass is 9.85. The summed E-state index contributed by atoms with van der Waals surface area (Å²) in [6, 6.07) is 8.02. The van der Waals surface area contributed by atoms with Gasteiger partial charge < -0.3 is 9.57 Å². The largest absolute Gasteiger partial charge is 0.494 e. The van der Waals surface area contributed by atoms with Crippen LogP contribution in [0.2, 0.25) is 0 Å². The van der Waals surface area contributed by atoms with Gasteiger partial charge in [0.05, 0.1) is 13.2 Å². The van der Waals surface area contributed by atoms with Gasteiger partial charge in [-0.25, -0.2) is 5.90 Å². The van der Waals surface area contributed by atoms with Gasteiger partial charge in [-0.1, -0.05) is 26.0 Å². The summed E-state index contributed by atoms with van der Waals surface area (Å²) < 4.78 is 5.45. The van der Waals surface area contributed by atoms with E-state index in [2.05, 4.69) is 19.9 Å². The summed E-state index contributed by atoms with van der Waals surface area (Å²) in [6.45, 7) is 7.32. The van der Waals surface area contributed by atoms with Crippen molar-refractivity contribution in [3.63, 3.8) is 0 Å². The zero-order chi connectivity index (χ0) is 11.3. The van der Waals surface area contributed by atoms with Crippen LogP contribution in [0, 0.1) is 0 Å². The van der Waals surface area contributed by atoms with E-state index in [0.717, 1.165) is 5.75 Å². The summed E-state index contributed by atoms with van der Waals surface area (Å²) in [5.74, 6) is 6.01. The molecule has 2 N–H and O–H groups in total. The fourth-order valence-corrected chi connectivity index (χ4v) is 1.47. The van der Waals surface area contributed by atoms with Crippen molar-refractivity contribution in [3.8, 4) is 5.75 Å². The van der Waals surface area contributed by atoms with Crippen molar-refractivity contribution in [1.29, 1.82) is 0 Å². The van der Waals surface area contributed by atoms with Crippen LogP contribution in [0.5, 0.6) is 5.75 Å². The Hall–Kier alpha value is -1.06. The van der Waals surface area contributed by atoms with Crippen molar-refractivity contribution >= 4 is 0 Å². The fourth-order valence-electron chi connectivity index (χ4n) is 1.47. The third-order valence-corrected chi connectivity index (χ3v) is 2.37. The van der Waals surface area contributed by atoms with Crippen LogP contribution in [0.4, 0.5) is 0 Å². The summed E-state index contributed by atoms with van der Waals surface area (Å²) >= 11 is 0. The van der Waals surface area contributed by atoms with E-state index in [1.807, 2.05) is 25.1 Å². The molecule has 0 saturated heterocycles. The zero-order valence-corrected chi connectivity index (χ0v) is 9.62. The van der Waals surface area contributed by atoms with Gasteiger partial charge in [-0.05, 0) is 24.6 Å². The van der Waals surface area contributed by atoms with E-state index in [-0.39, 0.29) is 5.41 Å². The van der Waals surface area contributed by atoms with Gasteiger partial charge in [-0.15, -0.1) is 0 Å². The maximum atomic E-state index is 5.45. The molecule has 1 aromatic rings. The molecule has 0 heterocycles. The minimum atomic E-state index is -0.0954. The first kappa shape index (κ1) is 12.0. The van der Waals surface area contributed by atoms with Crippen LogP contribution in [-0.4, -0.2) is 13.2 Å². The number of hydrogen-bond donors (Lipinski definition) is 1. The van der Waals surface area contributed by atoms with Gasteiger partial charge in [0.2, 0.25) is 0 Å². The molecule has 1 aromatic carbocycles. The first-order chi connectivity index (χ1) is 7.10. The molecule has 0 aliphatic rings. The van der Waals surface area contributed by atoms with Gasteiger partial charge in [0.1, 0.15) is 5.75 Å². The Kier molecular flexibility index (Phi) is 4.12. The number of ether oxygens (including phenoxy) is 1. The summed E-state index contributed by atoms with van der Waals surface area (Å²) in [6.07, 6.45) is 0. The predicted octanol–water partition coefficient (Wildman–Crippen LogP) is 2.25. The van der Waals surface area contributed by atoms with Crippen LogP contribution < -0.4 is 10.6 Å². The van der Waals surface area contributed by atoms with Crippen LogP contribution in [-0.2, 0) is 10.3 Å². The molecular weight excluding hydrogens is 190 g/mol. The lowest BCUT2D eigenvalue weighted by Gasteiger charge is -2.24. The topological polar surface area (TPSA) is 44.5 Å². The first-order valence-corrected chi connectivity index (χ1v) is 5.15. The second-order valence-electron chi connectivity index (χ2n) is 4.16. The molecule has 0 atom stereocenters. The Morgan fingerprint density at radius 1 is 1.33 bits per heavy atom. The molecule has 15 heavy (non-hydrogen) atoms. The van der Waals surface area contributed by atoms with Gasteiger partial charge in [0, 0.05) is 5.41 Å². The fraction of sp³-hybridized carbons (Fsp3) is 0.500. The Morgan fingerprint density at radius 2 is 2.07 bits per heavy atom. The number of nitrogens with two attached hydrogens (primary N) is 1. The van der Waals surface area contributed by atoms with E-state index in [9.17, 15) is 0 Å². The second-order valence-corrected chi connectivity index (χ2v) is 4.16. The molecule has 1 rings (SSSR count). The molecule has 0 amide bonds. The van der Waals surface area contributed by atoms with Gasteiger partial charge >= 0.3 is 0 Å². The quantitative estimate of drug-likeness (QED) is 0.756. The Bertz CT molecular complexity index is 310. The molecule has 3 nitrogen and oxygen atoms in total. The number of benzene rings is 1. The zero-order valence-electron chi connectivity index (χ0n) is 9.62. The summed E-state index contributed by atoms with van der Waals surface area (Å²) in [4.78, 5) is 4.72. The highest BCUT2D eigenvalue weighted by molar-refractivity contribution is 5.33. The SMILES string of the molecule is CCOc1cccc(C(C)(C)CON)c1. The van der Waals surface area contributed by atoms with Crippen LogP contribution in [0.1, 0.15) is 26.3 Å². The molecule has 3 heteroatoms. The molecule has 0 aliphatic heterocycles. The molecule has 0 bridgehead atoms. The Morgan fingerprint density at radius 3 is 2.67 bits per heavy atom. The summed E-state index contributed by atoms with van der Waals surface area (Å²) in [5.41, 5.74) is 1.07. The molecule has 0 unspecified atom stereocenters. The number of rotatable bonds is 5. The molecule has 0 radical (unpaired) electrons. The molecule has 0 fully saturated rings. The molecule has 0 spiro atoms. The maximum Gasteiger partial charge on any atom is 0.119 e. The van der Waals surface area contributed by atoms with Crippen molar-refractivity contribution in [1.82, 2.24) is 0 Å².